The van der Waals surface area contributed by atoms with E-state index in [4.69, 9.17) is 39.5 Å². The molecule has 1 amide bonds. The van der Waals surface area contributed by atoms with Crippen LogP contribution >= 0.6 is 34.8 Å². The predicted molar refractivity (Wildman–Crippen MR) is 123 cm³/mol. The summed E-state index contributed by atoms with van der Waals surface area (Å²) in [4.78, 5) is 31.7. The number of carbonyl (C=O) groups excluding carboxylic acids is 2. The van der Waals surface area contributed by atoms with Gasteiger partial charge in [-0.3, -0.25) is 19.5 Å². The van der Waals surface area contributed by atoms with Crippen LogP contribution in [-0.4, -0.2) is 28.9 Å². The van der Waals surface area contributed by atoms with Crippen LogP contribution in [0.15, 0.2) is 66.5 Å². The molecule has 1 aliphatic heterocycles. The number of nitrogens with zero attached hydrogens (tertiary/aromatic N) is 2. The fraction of sp³-hybridized carbons (Fsp3) is 0.0870. The van der Waals surface area contributed by atoms with Crippen LogP contribution in [-0.2, 0) is 9.59 Å². The van der Waals surface area contributed by atoms with Crippen molar-refractivity contribution in [2.75, 3.05) is 12.0 Å². The average Bonchev–Trinajstić information content (AvgIpc) is 3.04. The molecule has 2 heterocycles. The van der Waals surface area contributed by atoms with Gasteiger partial charge in [0.2, 0.25) is 0 Å². The Morgan fingerprint density at radius 2 is 1.78 bits per heavy atom. The van der Waals surface area contributed by atoms with Gasteiger partial charge in [-0.25, -0.2) is 0 Å². The maximum atomic E-state index is 13.2. The average molecular weight is 490 g/mol. The minimum atomic E-state index is -0.952. The largest absolute Gasteiger partial charge is 0.507 e. The van der Waals surface area contributed by atoms with Gasteiger partial charge < -0.3 is 9.84 Å². The number of carbonyl (C=O) groups is 2. The minimum absolute atomic E-state index is 0.0907. The van der Waals surface area contributed by atoms with Crippen molar-refractivity contribution >= 4 is 57.9 Å². The van der Waals surface area contributed by atoms with Crippen LogP contribution in [0, 0.1) is 0 Å². The standard InChI is InChI=1S/C23H15Cl3N2O4/c1-32-22-16(9-14(25)10-17(22)26)20(29)18-19(12-3-2-8-27-11-12)28(23(31)21(18)30)15-6-4-13(24)5-7-15/h2-11,19,29H,1H3/b20-18+. The van der Waals surface area contributed by atoms with E-state index in [-0.39, 0.29) is 26.9 Å². The van der Waals surface area contributed by atoms with Gasteiger partial charge in [0.15, 0.2) is 0 Å². The summed E-state index contributed by atoms with van der Waals surface area (Å²) in [5.74, 6) is -2.02. The number of aromatic nitrogens is 1. The van der Waals surface area contributed by atoms with Crippen molar-refractivity contribution in [3.8, 4) is 5.75 Å². The van der Waals surface area contributed by atoms with Crippen LogP contribution < -0.4 is 9.64 Å². The maximum Gasteiger partial charge on any atom is 0.300 e. The van der Waals surface area contributed by atoms with Gasteiger partial charge in [0.1, 0.15) is 11.5 Å². The van der Waals surface area contributed by atoms with E-state index in [2.05, 4.69) is 4.98 Å². The van der Waals surface area contributed by atoms with Crippen molar-refractivity contribution in [1.29, 1.82) is 0 Å². The number of ketones is 1. The zero-order chi connectivity index (χ0) is 23.0. The highest BCUT2D eigenvalue weighted by Crippen LogP contribution is 2.44. The summed E-state index contributed by atoms with van der Waals surface area (Å²) in [6, 6.07) is 11.7. The Labute approximate surface area is 198 Å². The Balaban J connectivity index is 1.99. The summed E-state index contributed by atoms with van der Waals surface area (Å²) in [6.07, 6.45) is 3.09. The van der Waals surface area contributed by atoms with Crippen molar-refractivity contribution in [1.82, 2.24) is 4.98 Å². The van der Waals surface area contributed by atoms with E-state index in [1.54, 1.807) is 42.6 Å². The van der Waals surface area contributed by atoms with E-state index in [0.717, 1.165) is 0 Å². The van der Waals surface area contributed by atoms with Crippen molar-refractivity contribution in [3.05, 3.63) is 92.7 Å². The number of methoxy groups -OCH3 is 1. The quantitative estimate of drug-likeness (QED) is 0.290. The van der Waals surface area contributed by atoms with Gasteiger partial charge >= 0.3 is 0 Å². The number of halogens is 3. The first kappa shape index (κ1) is 22.1. The second kappa shape index (κ2) is 8.82. The topological polar surface area (TPSA) is 79.7 Å². The molecule has 1 unspecified atom stereocenters. The first-order valence-electron chi connectivity index (χ1n) is 9.33. The summed E-state index contributed by atoms with van der Waals surface area (Å²) in [5, 5.41) is 12.1. The fourth-order valence-corrected chi connectivity index (χ4v) is 4.34. The molecule has 32 heavy (non-hydrogen) atoms. The normalized spacial score (nSPS) is 17.6. The molecule has 0 bridgehead atoms. The smallest absolute Gasteiger partial charge is 0.300 e. The molecule has 1 fully saturated rings. The summed E-state index contributed by atoms with van der Waals surface area (Å²) >= 11 is 18.3. The highest BCUT2D eigenvalue weighted by molar-refractivity contribution is 6.52. The van der Waals surface area contributed by atoms with Gasteiger partial charge in [-0.1, -0.05) is 40.9 Å². The molecule has 3 aromatic rings. The molecule has 1 atom stereocenters. The minimum Gasteiger partial charge on any atom is -0.507 e. The van der Waals surface area contributed by atoms with Crippen molar-refractivity contribution in [3.63, 3.8) is 0 Å². The second-order valence-electron chi connectivity index (χ2n) is 6.90. The lowest BCUT2D eigenvalue weighted by Gasteiger charge is -2.25. The second-order valence-corrected chi connectivity index (χ2v) is 8.18. The van der Waals surface area contributed by atoms with Crippen LogP contribution in [0.4, 0.5) is 5.69 Å². The molecule has 0 aliphatic carbocycles. The van der Waals surface area contributed by atoms with Gasteiger partial charge in [0.05, 0.1) is 29.3 Å². The molecule has 1 N–H and O–H groups in total. The molecule has 1 saturated heterocycles. The van der Waals surface area contributed by atoms with Crippen LogP contribution in [0.2, 0.25) is 15.1 Å². The first-order valence-corrected chi connectivity index (χ1v) is 10.5. The Kier molecular flexibility index (Phi) is 6.11. The number of amides is 1. The third kappa shape index (κ3) is 3.81. The van der Waals surface area contributed by atoms with Crippen molar-refractivity contribution < 1.29 is 19.4 Å². The van der Waals surface area contributed by atoms with Crippen LogP contribution in [0.5, 0.6) is 5.75 Å². The van der Waals surface area contributed by atoms with Gasteiger partial charge in [-0.05, 0) is 48.0 Å². The molecule has 1 aliphatic rings. The molecular formula is C23H15Cl3N2O4. The van der Waals surface area contributed by atoms with Gasteiger partial charge in [-0.15, -0.1) is 0 Å². The van der Waals surface area contributed by atoms with Gasteiger partial charge in [-0.2, -0.15) is 0 Å². The van der Waals surface area contributed by atoms with E-state index < -0.39 is 23.5 Å². The van der Waals surface area contributed by atoms with Gasteiger partial charge in [0, 0.05) is 28.1 Å². The number of rotatable bonds is 4. The monoisotopic (exact) mass is 488 g/mol. The molecular weight excluding hydrogens is 475 g/mol. The molecule has 0 spiro atoms. The third-order valence-electron chi connectivity index (χ3n) is 5.02. The molecule has 162 valence electrons. The lowest BCUT2D eigenvalue weighted by molar-refractivity contribution is -0.132. The Hall–Kier alpha value is -3.06. The molecule has 1 aromatic heterocycles. The number of hydrogen-bond acceptors (Lipinski definition) is 5. The SMILES string of the molecule is COc1c(Cl)cc(Cl)cc1/C(O)=C1\C(=O)C(=O)N(c2ccc(Cl)cc2)C1c1cccnc1. The molecule has 0 radical (unpaired) electrons. The van der Waals surface area contributed by atoms with Gasteiger partial charge in [0.25, 0.3) is 11.7 Å². The highest BCUT2D eigenvalue weighted by Gasteiger charge is 2.47. The summed E-state index contributed by atoms with van der Waals surface area (Å²) < 4.78 is 5.32. The number of pyridine rings is 1. The number of aliphatic hydroxyl groups excluding tert-OH is 1. The molecule has 6 nitrogen and oxygen atoms in total. The fourth-order valence-electron chi connectivity index (χ4n) is 3.64. The number of hydrogen-bond donors (Lipinski definition) is 1. The first-order chi connectivity index (χ1) is 15.3. The van der Waals surface area contributed by atoms with E-state index in [9.17, 15) is 14.7 Å². The summed E-state index contributed by atoms with van der Waals surface area (Å²) in [5.41, 5.74) is 0.901. The Morgan fingerprint density at radius 1 is 1.06 bits per heavy atom. The number of Topliss-reactive ketones (excluding diaryl/α,β-unsaturated/α-hetero) is 1. The predicted octanol–water partition coefficient (Wildman–Crippen LogP) is 5.68. The van der Waals surface area contributed by atoms with E-state index in [0.29, 0.717) is 16.3 Å². The lowest BCUT2D eigenvalue weighted by Crippen LogP contribution is -2.29. The maximum absolute atomic E-state index is 13.2. The zero-order valence-electron chi connectivity index (χ0n) is 16.6. The van der Waals surface area contributed by atoms with Crippen molar-refractivity contribution in [2.45, 2.75) is 6.04 Å². The Morgan fingerprint density at radius 3 is 2.41 bits per heavy atom. The number of aliphatic hydroxyl groups is 1. The molecule has 2 aromatic carbocycles. The van der Waals surface area contributed by atoms with Crippen LogP contribution in [0.3, 0.4) is 0 Å². The zero-order valence-corrected chi connectivity index (χ0v) is 18.8. The lowest BCUT2D eigenvalue weighted by atomic mass is 9.95. The van der Waals surface area contributed by atoms with Crippen LogP contribution in [0.25, 0.3) is 5.76 Å². The third-order valence-corrected chi connectivity index (χ3v) is 5.77. The van der Waals surface area contributed by atoms with Crippen molar-refractivity contribution in [2.24, 2.45) is 0 Å². The molecule has 4 rings (SSSR count). The number of benzene rings is 2. The number of ether oxygens (including phenoxy) is 1. The highest BCUT2D eigenvalue weighted by atomic mass is 35.5. The van der Waals surface area contributed by atoms with Crippen LogP contribution in [0.1, 0.15) is 17.2 Å². The van der Waals surface area contributed by atoms with E-state index in [1.807, 2.05) is 0 Å². The molecule has 9 heteroatoms. The summed E-state index contributed by atoms with van der Waals surface area (Å²) in [7, 11) is 1.37. The Bertz CT molecular complexity index is 1240. The van der Waals surface area contributed by atoms with E-state index >= 15 is 0 Å². The van der Waals surface area contributed by atoms with E-state index in [1.165, 1.54) is 30.3 Å². The molecule has 0 saturated carbocycles. The summed E-state index contributed by atoms with van der Waals surface area (Å²) in [6.45, 7) is 0. The number of anilines is 1.